The first-order chi connectivity index (χ1) is 11.8. The predicted molar refractivity (Wildman–Crippen MR) is 87.2 cm³/mol. The molecule has 0 radical (unpaired) electrons. The van der Waals surface area contributed by atoms with Gasteiger partial charge in [-0.15, -0.1) is 0 Å². The van der Waals surface area contributed by atoms with Gasteiger partial charge in [-0.2, -0.15) is 13.2 Å². The maximum Gasteiger partial charge on any atom is 0.417 e. The quantitative estimate of drug-likeness (QED) is 0.761. The summed E-state index contributed by atoms with van der Waals surface area (Å²) < 4.78 is 39.4. The number of amides is 1. The summed E-state index contributed by atoms with van der Waals surface area (Å²) in [5.74, 6) is -0.213. The number of rotatable bonds is 4. The highest BCUT2D eigenvalue weighted by molar-refractivity contribution is 6.30. The summed E-state index contributed by atoms with van der Waals surface area (Å²) in [5.41, 5.74) is 0.918. The van der Waals surface area contributed by atoms with E-state index in [0.29, 0.717) is 16.4 Å². The minimum absolute atomic E-state index is 0.134. The molecule has 1 N–H and O–H groups in total. The summed E-state index contributed by atoms with van der Waals surface area (Å²) in [7, 11) is 0. The molecule has 4 nitrogen and oxygen atoms in total. The van der Waals surface area contributed by atoms with E-state index in [-0.39, 0.29) is 18.9 Å². The van der Waals surface area contributed by atoms with Gasteiger partial charge in [0.15, 0.2) is 0 Å². The van der Waals surface area contributed by atoms with E-state index in [9.17, 15) is 18.0 Å². The van der Waals surface area contributed by atoms with Crippen LogP contribution in [0, 0.1) is 0 Å². The van der Waals surface area contributed by atoms with Crippen LogP contribution in [0.25, 0.3) is 5.65 Å². The maximum atomic E-state index is 12.7. The zero-order valence-corrected chi connectivity index (χ0v) is 13.6. The Balaban J connectivity index is 1.64. The van der Waals surface area contributed by atoms with Gasteiger partial charge in [-0.25, -0.2) is 4.98 Å². The molecule has 130 valence electrons. The van der Waals surface area contributed by atoms with E-state index < -0.39 is 11.7 Å². The fourth-order valence-electron chi connectivity index (χ4n) is 2.34. The van der Waals surface area contributed by atoms with Crippen LogP contribution in [0.1, 0.15) is 16.8 Å². The number of hydrogen-bond donors (Lipinski definition) is 1. The molecule has 0 aliphatic carbocycles. The molecule has 1 amide bonds. The minimum Gasteiger partial charge on any atom is -0.350 e. The number of nitrogens with one attached hydrogen (secondary N) is 1. The Kier molecular flexibility index (Phi) is 4.67. The van der Waals surface area contributed by atoms with Crippen molar-refractivity contribution in [3.8, 4) is 0 Å². The summed E-state index contributed by atoms with van der Waals surface area (Å²) in [4.78, 5) is 16.1. The molecule has 0 aliphatic heterocycles. The molecular weight excluding hydrogens is 355 g/mol. The maximum absolute atomic E-state index is 12.7. The number of aromatic nitrogens is 2. The van der Waals surface area contributed by atoms with E-state index in [0.717, 1.165) is 17.8 Å². The zero-order chi connectivity index (χ0) is 18.0. The third kappa shape index (κ3) is 4.30. The summed E-state index contributed by atoms with van der Waals surface area (Å²) in [6.45, 7) is 0.134. The number of hydrogen-bond acceptors (Lipinski definition) is 2. The van der Waals surface area contributed by atoms with Crippen molar-refractivity contribution < 1.29 is 18.0 Å². The normalized spacial score (nSPS) is 11.7. The molecule has 0 aliphatic rings. The molecule has 0 bridgehead atoms. The third-order valence-corrected chi connectivity index (χ3v) is 3.82. The van der Waals surface area contributed by atoms with Gasteiger partial charge in [0, 0.05) is 17.4 Å². The highest BCUT2D eigenvalue weighted by atomic mass is 35.5. The summed E-state index contributed by atoms with van der Waals surface area (Å²) >= 11 is 5.79. The highest BCUT2D eigenvalue weighted by Crippen LogP contribution is 2.29. The number of pyridine rings is 1. The van der Waals surface area contributed by atoms with Crippen molar-refractivity contribution in [2.24, 2.45) is 0 Å². The Morgan fingerprint density at radius 1 is 1.12 bits per heavy atom. The van der Waals surface area contributed by atoms with Crippen LogP contribution >= 0.6 is 11.6 Å². The lowest BCUT2D eigenvalue weighted by atomic mass is 10.1. The molecule has 0 fully saturated rings. The third-order valence-electron chi connectivity index (χ3n) is 3.57. The lowest BCUT2D eigenvalue weighted by molar-refractivity contribution is -0.137. The average Bonchev–Trinajstić information content (AvgIpc) is 2.96. The molecule has 8 heteroatoms. The lowest BCUT2D eigenvalue weighted by Gasteiger charge is -2.05. The topological polar surface area (TPSA) is 46.4 Å². The molecule has 0 spiro atoms. The molecule has 3 rings (SSSR count). The van der Waals surface area contributed by atoms with E-state index >= 15 is 0 Å². The van der Waals surface area contributed by atoms with Gasteiger partial charge >= 0.3 is 6.18 Å². The number of fused-ring (bicyclic) bond motifs is 1. The monoisotopic (exact) mass is 367 g/mol. The minimum atomic E-state index is -4.41. The van der Waals surface area contributed by atoms with Crippen molar-refractivity contribution in [3.63, 3.8) is 0 Å². The Morgan fingerprint density at radius 2 is 1.84 bits per heavy atom. The van der Waals surface area contributed by atoms with Crippen LogP contribution in [0.4, 0.5) is 13.2 Å². The van der Waals surface area contributed by atoms with Crippen molar-refractivity contribution in [1.82, 2.24) is 14.7 Å². The average molecular weight is 368 g/mol. The molecule has 0 saturated heterocycles. The molecule has 0 saturated carbocycles. The molecular formula is C17H13ClF3N3O. The second kappa shape index (κ2) is 6.76. The number of nitrogens with zero attached hydrogens (tertiary/aromatic N) is 2. The molecule has 2 heterocycles. The second-order valence-corrected chi connectivity index (χ2v) is 5.93. The van der Waals surface area contributed by atoms with Gasteiger partial charge in [-0.1, -0.05) is 23.7 Å². The van der Waals surface area contributed by atoms with Crippen LogP contribution in [0.5, 0.6) is 0 Å². The number of alkyl halides is 3. The second-order valence-electron chi connectivity index (χ2n) is 5.49. The van der Waals surface area contributed by atoms with E-state index in [1.54, 1.807) is 24.3 Å². The molecule has 0 unspecified atom stereocenters. The Morgan fingerprint density at radius 3 is 2.52 bits per heavy atom. The fourth-order valence-corrected chi connectivity index (χ4v) is 2.46. The van der Waals surface area contributed by atoms with Gasteiger partial charge in [0.2, 0.25) is 5.91 Å². The summed E-state index contributed by atoms with van der Waals surface area (Å²) in [6, 6.07) is 9.18. The summed E-state index contributed by atoms with van der Waals surface area (Å²) in [6.07, 6.45) is -1.79. The number of halogens is 4. The van der Waals surface area contributed by atoms with Crippen LogP contribution in [0.15, 0.2) is 48.8 Å². The first-order valence-corrected chi connectivity index (χ1v) is 7.75. The van der Waals surface area contributed by atoms with Crippen molar-refractivity contribution in [1.29, 1.82) is 0 Å². The van der Waals surface area contributed by atoms with Gasteiger partial charge in [0.05, 0.1) is 24.2 Å². The van der Waals surface area contributed by atoms with Crippen molar-refractivity contribution in [2.45, 2.75) is 19.1 Å². The van der Waals surface area contributed by atoms with E-state index in [2.05, 4.69) is 10.3 Å². The Hall–Kier alpha value is -2.54. The zero-order valence-electron chi connectivity index (χ0n) is 12.8. The number of benzene rings is 1. The molecule has 0 atom stereocenters. The van der Waals surface area contributed by atoms with Gasteiger partial charge in [0.1, 0.15) is 5.65 Å². The van der Waals surface area contributed by atoms with Crippen LogP contribution in [-0.4, -0.2) is 15.3 Å². The Bertz CT molecular complexity index is 904. The Labute approximate surface area is 146 Å². The van der Waals surface area contributed by atoms with Gasteiger partial charge in [0.25, 0.3) is 0 Å². The van der Waals surface area contributed by atoms with Gasteiger partial charge in [-0.05, 0) is 29.8 Å². The molecule has 25 heavy (non-hydrogen) atoms. The highest BCUT2D eigenvalue weighted by Gasteiger charge is 2.30. The van der Waals surface area contributed by atoms with Gasteiger partial charge < -0.3 is 9.72 Å². The largest absolute Gasteiger partial charge is 0.417 e. The van der Waals surface area contributed by atoms with Crippen molar-refractivity contribution in [3.05, 3.63) is 70.6 Å². The smallest absolute Gasteiger partial charge is 0.350 e. The first kappa shape index (κ1) is 17.3. The molecule has 3 aromatic rings. The van der Waals surface area contributed by atoms with Crippen LogP contribution in [0.3, 0.4) is 0 Å². The SMILES string of the molecule is O=C(Cc1ccc(Cl)cc1)NCc1cn2cc(C(F)(F)F)ccc2n1. The van der Waals surface area contributed by atoms with Crippen molar-refractivity contribution >= 4 is 23.2 Å². The lowest BCUT2D eigenvalue weighted by Crippen LogP contribution is -2.24. The molecule has 2 aromatic heterocycles. The van der Waals surface area contributed by atoms with E-state index in [1.807, 2.05) is 0 Å². The first-order valence-electron chi connectivity index (χ1n) is 7.37. The van der Waals surface area contributed by atoms with Gasteiger partial charge in [-0.3, -0.25) is 4.79 Å². The van der Waals surface area contributed by atoms with Crippen molar-refractivity contribution in [2.75, 3.05) is 0 Å². The van der Waals surface area contributed by atoms with E-state index in [1.165, 1.54) is 16.7 Å². The fraction of sp³-hybridized carbons (Fsp3) is 0.176. The summed E-state index contributed by atoms with van der Waals surface area (Å²) in [5, 5.41) is 3.29. The van der Waals surface area contributed by atoms with E-state index in [4.69, 9.17) is 11.6 Å². The van der Waals surface area contributed by atoms with Crippen LogP contribution in [-0.2, 0) is 23.9 Å². The number of carbonyl (C=O) groups is 1. The standard InChI is InChI=1S/C17H13ClF3N3O/c18-13-4-1-11(2-5-13)7-16(25)22-8-14-10-24-9-12(17(19,20)21)3-6-15(24)23-14/h1-6,9-10H,7-8H2,(H,22,25). The number of imidazole rings is 1. The van der Waals surface area contributed by atoms with Crippen LogP contribution in [0.2, 0.25) is 5.02 Å². The number of carbonyl (C=O) groups excluding carboxylic acids is 1. The molecule has 1 aromatic carbocycles. The predicted octanol–water partition coefficient (Wildman–Crippen LogP) is 3.87. The van der Waals surface area contributed by atoms with Crippen LogP contribution < -0.4 is 5.32 Å².